The largest absolute Gasteiger partial charge is 0.467 e. The number of para-hydroxylation sites is 1. The summed E-state index contributed by atoms with van der Waals surface area (Å²) in [4.78, 5) is 27.9. The van der Waals surface area contributed by atoms with Gasteiger partial charge < -0.3 is 15.1 Å². The minimum absolute atomic E-state index is 0.0644. The molecule has 4 rings (SSSR count). The molecule has 0 bridgehead atoms. The maximum absolute atomic E-state index is 12.9. The van der Waals surface area contributed by atoms with E-state index in [0.29, 0.717) is 27.1 Å². The van der Waals surface area contributed by atoms with E-state index in [0.717, 1.165) is 38.0 Å². The van der Waals surface area contributed by atoms with Crippen molar-refractivity contribution in [3.05, 3.63) is 87.8 Å². The second-order valence-corrected chi connectivity index (χ2v) is 8.93. The summed E-state index contributed by atoms with van der Waals surface area (Å²) in [5, 5.41) is 7.05. The Morgan fingerprint density at radius 1 is 1.03 bits per heavy atom. The summed E-state index contributed by atoms with van der Waals surface area (Å²) in [6.07, 6.45) is 3.04. The number of halogens is 2. The first-order chi connectivity index (χ1) is 16.0. The molecular weight excluding hydrogens is 461 g/mol. The van der Waals surface area contributed by atoms with Gasteiger partial charge in [-0.15, -0.1) is 0 Å². The first-order valence-corrected chi connectivity index (χ1v) is 11.6. The van der Waals surface area contributed by atoms with Crippen LogP contribution in [0.25, 0.3) is 0 Å². The van der Waals surface area contributed by atoms with Crippen LogP contribution in [0.3, 0.4) is 0 Å². The number of benzene rings is 2. The maximum Gasteiger partial charge on any atom is 0.253 e. The minimum Gasteiger partial charge on any atom is -0.467 e. The summed E-state index contributed by atoms with van der Waals surface area (Å²) >= 11 is 12.3. The van der Waals surface area contributed by atoms with E-state index >= 15 is 0 Å². The Hall–Kier alpha value is -2.80. The van der Waals surface area contributed by atoms with Crippen LogP contribution in [0.15, 0.2) is 65.3 Å². The van der Waals surface area contributed by atoms with Crippen molar-refractivity contribution in [2.45, 2.75) is 25.9 Å². The summed E-state index contributed by atoms with van der Waals surface area (Å²) in [5.41, 5.74) is 1.96. The van der Waals surface area contributed by atoms with Crippen molar-refractivity contribution >= 4 is 40.7 Å². The molecule has 2 amide bonds. The number of carbonyl (C=O) groups excluding carboxylic acids is 2. The monoisotopic (exact) mass is 485 g/mol. The number of likely N-dealkylation sites (tertiary alicyclic amines) is 1. The van der Waals surface area contributed by atoms with E-state index in [1.54, 1.807) is 48.7 Å². The van der Waals surface area contributed by atoms with Gasteiger partial charge in [-0.3, -0.25) is 14.5 Å². The average molecular weight is 486 g/mol. The van der Waals surface area contributed by atoms with Gasteiger partial charge in [-0.05, 0) is 67.9 Å². The first-order valence-electron chi connectivity index (χ1n) is 10.9. The Kier molecular flexibility index (Phi) is 7.70. The van der Waals surface area contributed by atoms with Crippen molar-refractivity contribution in [3.8, 4) is 0 Å². The van der Waals surface area contributed by atoms with Crippen molar-refractivity contribution in [1.82, 2.24) is 10.2 Å². The molecule has 1 saturated heterocycles. The highest BCUT2D eigenvalue weighted by molar-refractivity contribution is 6.35. The number of rotatable bonds is 7. The van der Waals surface area contributed by atoms with Crippen LogP contribution in [0.4, 0.5) is 5.69 Å². The topological polar surface area (TPSA) is 74.6 Å². The lowest BCUT2D eigenvalue weighted by molar-refractivity contribution is -0.121. The number of hydrogen-bond acceptors (Lipinski definition) is 4. The van der Waals surface area contributed by atoms with Crippen molar-refractivity contribution in [1.29, 1.82) is 0 Å². The molecule has 0 aliphatic carbocycles. The average Bonchev–Trinajstić information content (AvgIpc) is 3.34. The third kappa shape index (κ3) is 6.16. The summed E-state index contributed by atoms with van der Waals surface area (Å²) < 4.78 is 5.25. The van der Waals surface area contributed by atoms with Gasteiger partial charge in [0.2, 0.25) is 5.91 Å². The maximum atomic E-state index is 12.9. The zero-order valence-corrected chi connectivity index (χ0v) is 19.5. The number of carbonyl (C=O) groups is 2. The van der Waals surface area contributed by atoms with Gasteiger partial charge >= 0.3 is 0 Å². The summed E-state index contributed by atoms with van der Waals surface area (Å²) in [5.74, 6) is 0.222. The van der Waals surface area contributed by atoms with Crippen molar-refractivity contribution in [3.63, 3.8) is 0 Å². The minimum atomic E-state index is -0.267. The molecule has 1 fully saturated rings. The van der Waals surface area contributed by atoms with Crippen molar-refractivity contribution in [2.75, 3.05) is 18.4 Å². The molecule has 0 unspecified atom stereocenters. The Bertz CT molecular complexity index is 1110. The molecule has 33 heavy (non-hydrogen) atoms. The number of furan rings is 1. The lowest BCUT2D eigenvalue weighted by Gasteiger charge is -2.31. The first kappa shape index (κ1) is 23.4. The molecule has 0 radical (unpaired) electrons. The zero-order valence-electron chi connectivity index (χ0n) is 18.0. The quantitative estimate of drug-likeness (QED) is 0.471. The fourth-order valence-corrected chi connectivity index (χ4v) is 4.41. The third-order valence-electron chi connectivity index (χ3n) is 5.80. The van der Waals surface area contributed by atoms with Crippen LogP contribution in [-0.2, 0) is 17.9 Å². The number of nitrogens with one attached hydrogen (secondary N) is 2. The van der Waals surface area contributed by atoms with E-state index in [2.05, 4.69) is 15.5 Å². The van der Waals surface area contributed by atoms with Gasteiger partial charge in [0, 0.05) is 22.5 Å². The predicted molar refractivity (Wildman–Crippen MR) is 129 cm³/mol. The molecule has 3 aromatic rings. The number of amides is 2. The SMILES string of the molecule is O=C(NCc1ccco1)c1ccccc1NC(=O)C1CCN(Cc2ccc(Cl)cc2Cl)CC1. The molecule has 2 N–H and O–H groups in total. The summed E-state index contributed by atoms with van der Waals surface area (Å²) in [6, 6.07) is 16.1. The summed E-state index contributed by atoms with van der Waals surface area (Å²) in [7, 11) is 0. The molecule has 1 aliphatic heterocycles. The molecule has 6 nitrogen and oxygen atoms in total. The lowest BCUT2D eigenvalue weighted by atomic mass is 9.95. The second kappa shape index (κ2) is 10.9. The van der Waals surface area contributed by atoms with Crippen LogP contribution in [0.1, 0.15) is 34.5 Å². The van der Waals surface area contributed by atoms with Gasteiger partial charge in [-0.25, -0.2) is 0 Å². The molecule has 0 saturated carbocycles. The van der Waals surface area contributed by atoms with E-state index in [4.69, 9.17) is 27.6 Å². The molecule has 2 heterocycles. The normalized spacial score (nSPS) is 14.7. The fraction of sp³-hybridized carbons (Fsp3) is 0.280. The lowest BCUT2D eigenvalue weighted by Crippen LogP contribution is -2.38. The Balaban J connectivity index is 1.31. The predicted octanol–water partition coefficient (Wildman–Crippen LogP) is 5.37. The van der Waals surface area contributed by atoms with Gasteiger partial charge in [0.15, 0.2) is 0 Å². The Morgan fingerprint density at radius 2 is 1.82 bits per heavy atom. The second-order valence-electron chi connectivity index (χ2n) is 8.08. The molecule has 2 aromatic carbocycles. The van der Waals surface area contributed by atoms with Crippen LogP contribution in [0.5, 0.6) is 0 Å². The molecule has 8 heteroatoms. The van der Waals surface area contributed by atoms with Gasteiger partial charge in [-0.2, -0.15) is 0 Å². The van der Waals surface area contributed by atoms with Gasteiger partial charge in [0.1, 0.15) is 5.76 Å². The highest BCUT2D eigenvalue weighted by Crippen LogP contribution is 2.26. The Morgan fingerprint density at radius 3 is 2.55 bits per heavy atom. The molecule has 0 atom stereocenters. The van der Waals surface area contributed by atoms with E-state index in [1.165, 1.54) is 0 Å². The zero-order chi connectivity index (χ0) is 23.2. The van der Waals surface area contributed by atoms with Crippen LogP contribution in [-0.4, -0.2) is 29.8 Å². The van der Waals surface area contributed by atoms with Gasteiger partial charge in [0.25, 0.3) is 5.91 Å². The van der Waals surface area contributed by atoms with Gasteiger partial charge in [-0.1, -0.05) is 41.4 Å². The third-order valence-corrected chi connectivity index (χ3v) is 6.39. The highest BCUT2D eigenvalue weighted by atomic mass is 35.5. The van der Waals surface area contributed by atoms with Crippen molar-refractivity contribution < 1.29 is 14.0 Å². The van der Waals surface area contributed by atoms with Crippen LogP contribution >= 0.6 is 23.2 Å². The van der Waals surface area contributed by atoms with Crippen molar-refractivity contribution in [2.24, 2.45) is 5.92 Å². The number of piperidine rings is 1. The van der Waals surface area contributed by atoms with E-state index in [1.807, 2.05) is 12.1 Å². The van der Waals surface area contributed by atoms with Crippen LogP contribution in [0.2, 0.25) is 10.0 Å². The van der Waals surface area contributed by atoms with E-state index < -0.39 is 0 Å². The van der Waals surface area contributed by atoms with Gasteiger partial charge in [0.05, 0.1) is 24.1 Å². The Labute approximate surface area is 202 Å². The van der Waals surface area contributed by atoms with Crippen LogP contribution in [0, 0.1) is 5.92 Å². The summed E-state index contributed by atoms with van der Waals surface area (Å²) in [6.45, 7) is 2.60. The smallest absolute Gasteiger partial charge is 0.253 e. The van der Waals surface area contributed by atoms with Crippen LogP contribution < -0.4 is 10.6 Å². The van der Waals surface area contributed by atoms with E-state index in [-0.39, 0.29) is 24.3 Å². The molecule has 0 spiro atoms. The fourth-order valence-electron chi connectivity index (χ4n) is 3.94. The molecular formula is C25H25Cl2N3O3. The standard InChI is InChI=1S/C25H25Cl2N3O3/c26-19-8-7-18(22(27)14-19)16-30-11-9-17(10-12-30)24(31)29-23-6-2-1-5-21(23)25(32)28-15-20-4-3-13-33-20/h1-8,13-14,17H,9-12,15-16H2,(H,28,32)(H,29,31). The van der Waals surface area contributed by atoms with E-state index in [9.17, 15) is 9.59 Å². The molecule has 1 aromatic heterocycles. The number of nitrogens with zero attached hydrogens (tertiary/aromatic N) is 1. The number of anilines is 1. The highest BCUT2D eigenvalue weighted by Gasteiger charge is 2.26. The molecule has 172 valence electrons. The molecule has 1 aliphatic rings. The number of hydrogen-bond donors (Lipinski definition) is 2.